The van der Waals surface area contributed by atoms with E-state index in [-0.39, 0.29) is 18.2 Å². The molecule has 0 aliphatic heterocycles. The highest BCUT2D eigenvalue weighted by Gasteiger charge is 2.20. The number of nitrogens with one attached hydrogen (secondary N) is 1. The van der Waals surface area contributed by atoms with Gasteiger partial charge in [0.05, 0.1) is 0 Å². The van der Waals surface area contributed by atoms with Crippen molar-refractivity contribution in [1.82, 2.24) is 23.6 Å². The number of Topliss-reactive ketones (excluding diaryl/α,β-unsaturated/α-hetero) is 1. The molecule has 29 heavy (non-hydrogen) atoms. The average Bonchev–Trinajstić information content (AvgIpc) is 3.05. The molecule has 0 fully saturated rings. The summed E-state index contributed by atoms with van der Waals surface area (Å²) in [6, 6.07) is 5.73. The van der Waals surface area contributed by atoms with Gasteiger partial charge in [-0.3, -0.25) is 9.78 Å². The Hall–Kier alpha value is -2.62. The molecule has 3 rings (SSSR count). The topological polar surface area (TPSA) is 97.2 Å². The van der Waals surface area contributed by atoms with Gasteiger partial charge in [-0.1, -0.05) is 13.8 Å². The van der Waals surface area contributed by atoms with Crippen LogP contribution in [0.2, 0.25) is 0 Å². The summed E-state index contributed by atoms with van der Waals surface area (Å²) in [4.78, 5) is 21.4. The lowest BCUT2D eigenvalue weighted by molar-refractivity contribution is 0.0941. The highest BCUT2D eigenvalue weighted by Crippen LogP contribution is 2.27. The summed E-state index contributed by atoms with van der Waals surface area (Å²) in [5, 5.41) is 0.758. The number of nitrogens with zero attached hydrogens (tertiary/aromatic N) is 4. The Morgan fingerprint density at radius 2 is 1.90 bits per heavy atom. The van der Waals surface area contributed by atoms with Gasteiger partial charge in [0.2, 0.25) is 0 Å². The Morgan fingerprint density at radius 1 is 1.21 bits per heavy atom. The summed E-state index contributed by atoms with van der Waals surface area (Å²) >= 11 is 0. The highest BCUT2D eigenvalue weighted by molar-refractivity contribution is 7.87. The average molecular weight is 416 g/mol. The van der Waals surface area contributed by atoms with Gasteiger partial charge >= 0.3 is 0 Å². The second-order valence-corrected chi connectivity index (χ2v) is 9.24. The number of rotatable bonds is 8. The van der Waals surface area contributed by atoms with E-state index in [1.807, 2.05) is 36.6 Å². The molecular formula is C20H25N5O3S. The third-order valence-electron chi connectivity index (χ3n) is 4.64. The molecule has 0 aliphatic carbocycles. The van der Waals surface area contributed by atoms with Crippen LogP contribution in [0.1, 0.15) is 24.2 Å². The van der Waals surface area contributed by atoms with Crippen molar-refractivity contribution in [1.29, 1.82) is 0 Å². The van der Waals surface area contributed by atoms with Gasteiger partial charge < -0.3 is 4.57 Å². The fourth-order valence-electron chi connectivity index (χ4n) is 2.98. The maximum Gasteiger partial charge on any atom is 0.278 e. The minimum Gasteiger partial charge on any atom is -0.330 e. The third kappa shape index (κ3) is 4.52. The van der Waals surface area contributed by atoms with Crippen LogP contribution < -0.4 is 4.72 Å². The lowest BCUT2D eigenvalue weighted by Gasteiger charge is -2.12. The number of hydrogen-bond donors (Lipinski definition) is 1. The summed E-state index contributed by atoms with van der Waals surface area (Å²) in [6.45, 7) is 4.26. The van der Waals surface area contributed by atoms with Crippen LogP contribution in [0, 0.1) is 5.92 Å². The maximum atomic E-state index is 12.8. The Labute approximate surface area is 170 Å². The van der Waals surface area contributed by atoms with E-state index < -0.39 is 10.2 Å². The number of fused-ring (bicyclic) bond motifs is 1. The monoisotopic (exact) mass is 415 g/mol. The van der Waals surface area contributed by atoms with E-state index in [2.05, 4.69) is 14.7 Å². The molecule has 0 saturated carbocycles. The van der Waals surface area contributed by atoms with E-state index in [0.717, 1.165) is 20.8 Å². The minimum atomic E-state index is -3.51. The van der Waals surface area contributed by atoms with E-state index in [1.54, 1.807) is 24.8 Å². The maximum absolute atomic E-state index is 12.8. The van der Waals surface area contributed by atoms with Crippen molar-refractivity contribution in [3.05, 3.63) is 48.5 Å². The number of ketones is 1. The first kappa shape index (κ1) is 21.1. The Bertz CT molecular complexity index is 1120. The number of hydrogen-bond acceptors (Lipinski definition) is 5. The van der Waals surface area contributed by atoms with Gasteiger partial charge in [0.15, 0.2) is 5.78 Å². The van der Waals surface area contributed by atoms with Crippen LogP contribution in [0.3, 0.4) is 0 Å². The van der Waals surface area contributed by atoms with E-state index in [0.29, 0.717) is 17.8 Å². The number of carbonyl (C=O) groups is 1. The van der Waals surface area contributed by atoms with Crippen molar-refractivity contribution in [3.8, 4) is 11.1 Å². The van der Waals surface area contributed by atoms with Gasteiger partial charge in [0.1, 0.15) is 5.65 Å². The van der Waals surface area contributed by atoms with Gasteiger partial charge in [-0.15, -0.1) is 0 Å². The smallest absolute Gasteiger partial charge is 0.278 e. The van der Waals surface area contributed by atoms with Crippen LogP contribution in [-0.4, -0.2) is 53.7 Å². The van der Waals surface area contributed by atoms with Crippen molar-refractivity contribution in [2.24, 2.45) is 5.92 Å². The van der Waals surface area contributed by atoms with Gasteiger partial charge in [0, 0.05) is 74.4 Å². The van der Waals surface area contributed by atoms with Crippen molar-refractivity contribution in [2.75, 3.05) is 20.6 Å². The van der Waals surface area contributed by atoms with E-state index in [9.17, 15) is 13.2 Å². The molecule has 3 heterocycles. The second kappa shape index (κ2) is 8.40. The van der Waals surface area contributed by atoms with Crippen LogP contribution >= 0.6 is 0 Å². The van der Waals surface area contributed by atoms with Crippen molar-refractivity contribution >= 4 is 27.0 Å². The molecule has 0 amide bonds. The van der Waals surface area contributed by atoms with Gasteiger partial charge in [-0.2, -0.15) is 12.7 Å². The predicted molar refractivity (Wildman–Crippen MR) is 113 cm³/mol. The minimum absolute atomic E-state index is 0.0244. The van der Waals surface area contributed by atoms with E-state index in [1.165, 1.54) is 14.1 Å². The fourth-order valence-corrected chi connectivity index (χ4v) is 3.58. The summed E-state index contributed by atoms with van der Waals surface area (Å²) in [7, 11) is -0.576. The fraction of sp³-hybridized carbons (Fsp3) is 0.350. The molecule has 0 spiro atoms. The Morgan fingerprint density at radius 3 is 2.52 bits per heavy atom. The van der Waals surface area contributed by atoms with Crippen molar-refractivity contribution < 1.29 is 13.2 Å². The molecule has 3 aromatic heterocycles. The molecule has 0 radical (unpaired) electrons. The van der Waals surface area contributed by atoms with Crippen LogP contribution in [-0.2, 0) is 16.8 Å². The zero-order valence-electron chi connectivity index (χ0n) is 17.0. The molecule has 8 nitrogen and oxygen atoms in total. The standard InChI is InChI=1S/C20H25N5O3S/c1-14(2)19(26)18-13-25(10-9-23-29(27,28)24(3)4)20-17(18)11-16(12-22-20)15-5-7-21-8-6-15/h5-8,11-14,23H,9-10H2,1-4H3. The predicted octanol–water partition coefficient (Wildman–Crippen LogP) is 2.33. The third-order valence-corrected chi connectivity index (χ3v) is 6.17. The number of carbonyl (C=O) groups excluding carboxylic acids is 1. The second-order valence-electron chi connectivity index (χ2n) is 7.27. The quantitative estimate of drug-likeness (QED) is 0.570. The zero-order chi connectivity index (χ0) is 21.2. The largest absolute Gasteiger partial charge is 0.330 e. The SMILES string of the molecule is CC(C)C(=O)c1cn(CCNS(=O)(=O)N(C)C)c2ncc(-c3ccncc3)cc12. The highest BCUT2D eigenvalue weighted by atomic mass is 32.2. The Kier molecular flexibility index (Phi) is 6.11. The molecule has 0 atom stereocenters. The van der Waals surface area contributed by atoms with Crippen LogP contribution in [0.5, 0.6) is 0 Å². The van der Waals surface area contributed by atoms with Crippen molar-refractivity contribution in [2.45, 2.75) is 20.4 Å². The van der Waals surface area contributed by atoms with Crippen molar-refractivity contribution in [3.63, 3.8) is 0 Å². The molecule has 1 N–H and O–H groups in total. The molecule has 0 bridgehead atoms. The molecule has 0 unspecified atom stereocenters. The Balaban J connectivity index is 1.99. The summed E-state index contributed by atoms with van der Waals surface area (Å²) in [6.07, 6.45) is 6.94. The first-order valence-electron chi connectivity index (χ1n) is 9.31. The van der Waals surface area contributed by atoms with Crippen LogP contribution in [0.25, 0.3) is 22.2 Å². The van der Waals surface area contributed by atoms with Crippen LogP contribution in [0.15, 0.2) is 43.0 Å². The summed E-state index contributed by atoms with van der Waals surface area (Å²) in [5.74, 6) is -0.137. The molecule has 9 heteroatoms. The molecule has 154 valence electrons. The van der Waals surface area contributed by atoms with Gasteiger partial charge in [-0.05, 0) is 23.8 Å². The van der Waals surface area contributed by atoms with E-state index in [4.69, 9.17) is 0 Å². The van der Waals surface area contributed by atoms with Gasteiger partial charge in [0.25, 0.3) is 10.2 Å². The molecule has 0 aromatic carbocycles. The summed E-state index contributed by atoms with van der Waals surface area (Å²) in [5.41, 5.74) is 3.09. The number of aromatic nitrogens is 3. The normalized spacial score (nSPS) is 12.2. The van der Waals surface area contributed by atoms with Crippen LogP contribution in [0.4, 0.5) is 0 Å². The number of pyridine rings is 2. The molecular weight excluding hydrogens is 390 g/mol. The lowest BCUT2D eigenvalue weighted by Crippen LogP contribution is -2.37. The van der Waals surface area contributed by atoms with E-state index >= 15 is 0 Å². The summed E-state index contributed by atoms with van der Waals surface area (Å²) < 4.78 is 29.3. The molecule has 0 aliphatic rings. The first-order valence-corrected chi connectivity index (χ1v) is 10.8. The lowest BCUT2D eigenvalue weighted by atomic mass is 10.00. The molecule has 0 saturated heterocycles. The zero-order valence-corrected chi connectivity index (χ0v) is 17.8. The molecule has 3 aromatic rings. The first-order chi connectivity index (χ1) is 13.7. The van der Waals surface area contributed by atoms with Gasteiger partial charge in [-0.25, -0.2) is 9.71 Å².